The Morgan fingerprint density at radius 2 is 1.69 bits per heavy atom. The quantitative estimate of drug-likeness (QED) is 0.345. The second kappa shape index (κ2) is 17.6. The Bertz CT molecular complexity index is 1050. The summed E-state index contributed by atoms with van der Waals surface area (Å²) in [5, 5.41) is 7.34. The van der Waals surface area contributed by atoms with E-state index in [2.05, 4.69) is 55.2 Å². The molecule has 0 saturated carbocycles. The highest BCUT2D eigenvalue weighted by atomic mass is 32.1. The van der Waals surface area contributed by atoms with Gasteiger partial charge in [-0.3, -0.25) is 4.79 Å². The minimum atomic E-state index is -0.206. The van der Waals surface area contributed by atoms with Gasteiger partial charge in [-0.15, -0.1) is 6.58 Å². The molecule has 0 spiro atoms. The number of Topliss-reactive ketones (excluding diaryl/α,β-unsaturated/α-hetero) is 1. The predicted molar refractivity (Wildman–Crippen MR) is 155 cm³/mol. The molecule has 0 fully saturated rings. The lowest BCUT2D eigenvalue weighted by Crippen LogP contribution is -2.23. The van der Waals surface area contributed by atoms with Crippen molar-refractivity contribution in [3.63, 3.8) is 0 Å². The molecule has 3 aromatic rings. The van der Waals surface area contributed by atoms with Crippen LogP contribution in [-0.4, -0.2) is 12.8 Å². The summed E-state index contributed by atoms with van der Waals surface area (Å²) in [5.41, 5.74) is 7.81. The van der Waals surface area contributed by atoms with Crippen molar-refractivity contribution in [3.05, 3.63) is 101 Å². The number of carbonyl (C=O) groups excluding carboxylic acids is 1. The molecule has 190 valence electrons. The molecule has 0 radical (unpaired) electrons. The Balaban J connectivity index is 0.000000589. The molecule has 2 aromatic carbocycles. The maximum absolute atomic E-state index is 12.8. The summed E-state index contributed by atoms with van der Waals surface area (Å²) in [6.45, 7) is 20.7. The van der Waals surface area contributed by atoms with Crippen molar-refractivity contribution in [2.24, 2.45) is 0 Å². The van der Waals surface area contributed by atoms with Crippen LogP contribution in [0.15, 0.2) is 72.5 Å². The molecule has 2 nitrogen and oxygen atoms in total. The zero-order valence-electron chi connectivity index (χ0n) is 22.7. The Morgan fingerprint density at radius 3 is 2.09 bits per heavy atom. The SMILES string of the molecule is C=C(C)c1cc(F)ccc1CC.C=CC.CC.CNC(C(C)=O)c1ccc(-c2cscc2C)cc1. The first-order valence-electron chi connectivity index (χ1n) is 12.0. The van der Waals surface area contributed by atoms with Gasteiger partial charge in [-0.2, -0.15) is 11.3 Å². The van der Waals surface area contributed by atoms with Gasteiger partial charge in [0.1, 0.15) is 5.82 Å². The second-order valence-electron chi connectivity index (χ2n) is 7.77. The molecule has 0 aliphatic rings. The van der Waals surface area contributed by atoms with Crippen LogP contribution in [0.1, 0.15) is 69.8 Å². The lowest BCUT2D eigenvalue weighted by atomic mass is 9.99. The van der Waals surface area contributed by atoms with Gasteiger partial charge in [0.05, 0.1) is 6.04 Å². The van der Waals surface area contributed by atoms with E-state index in [1.54, 1.807) is 30.4 Å². The first kappa shape index (κ1) is 32.2. The van der Waals surface area contributed by atoms with Crippen LogP contribution in [0.5, 0.6) is 0 Å². The van der Waals surface area contributed by atoms with Crippen LogP contribution in [0, 0.1) is 12.7 Å². The zero-order valence-corrected chi connectivity index (χ0v) is 23.5. The topological polar surface area (TPSA) is 29.1 Å². The molecule has 3 rings (SSSR count). The van der Waals surface area contributed by atoms with Crippen molar-refractivity contribution in [1.29, 1.82) is 0 Å². The molecule has 4 heteroatoms. The molecule has 0 amide bonds. The van der Waals surface area contributed by atoms with Crippen molar-refractivity contribution in [1.82, 2.24) is 5.32 Å². The third kappa shape index (κ3) is 10.5. The van der Waals surface area contributed by atoms with Gasteiger partial charge in [-0.05, 0) is 97.4 Å². The van der Waals surface area contributed by atoms with Crippen molar-refractivity contribution in [2.75, 3.05) is 7.05 Å². The van der Waals surface area contributed by atoms with Gasteiger partial charge in [0, 0.05) is 0 Å². The van der Waals surface area contributed by atoms with E-state index in [-0.39, 0.29) is 17.6 Å². The summed E-state index contributed by atoms with van der Waals surface area (Å²) in [7, 11) is 1.81. The van der Waals surface area contributed by atoms with Crippen LogP contribution >= 0.6 is 11.3 Å². The Morgan fingerprint density at radius 1 is 1.11 bits per heavy atom. The number of thiophene rings is 1. The molecule has 1 N–H and O–H groups in total. The van der Waals surface area contributed by atoms with Gasteiger partial charge >= 0.3 is 0 Å². The van der Waals surface area contributed by atoms with Gasteiger partial charge in [0.25, 0.3) is 0 Å². The number of hydrogen-bond donors (Lipinski definition) is 1. The average molecular weight is 496 g/mol. The lowest BCUT2D eigenvalue weighted by molar-refractivity contribution is -0.119. The second-order valence-corrected chi connectivity index (χ2v) is 8.51. The molecule has 0 aliphatic heterocycles. The minimum absolute atomic E-state index is 0.136. The Hall–Kier alpha value is -2.82. The first-order chi connectivity index (χ1) is 16.7. The fourth-order valence-electron chi connectivity index (χ4n) is 3.37. The maximum Gasteiger partial charge on any atom is 0.151 e. The van der Waals surface area contributed by atoms with Crippen LogP contribution in [0.25, 0.3) is 16.7 Å². The van der Waals surface area contributed by atoms with Gasteiger partial charge in [-0.1, -0.05) is 69.3 Å². The van der Waals surface area contributed by atoms with Crippen molar-refractivity contribution in [3.8, 4) is 11.1 Å². The van der Waals surface area contributed by atoms with Gasteiger partial charge < -0.3 is 5.32 Å². The average Bonchev–Trinajstić information content (AvgIpc) is 3.28. The third-order valence-electron chi connectivity index (χ3n) is 5.02. The number of likely N-dealkylation sites (N-methyl/N-ethyl adjacent to an activating group) is 1. The van der Waals surface area contributed by atoms with E-state index in [4.69, 9.17) is 0 Å². The Labute approximate surface area is 216 Å². The highest BCUT2D eigenvalue weighted by Crippen LogP contribution is 2.28. The van der Waals surface area contributed by atoms with E-state index in [9.17, 15) is 9.18 Å². The molecule has 0 bridgehead atoms. The molecule has 35 heavy (non-hydrogen) atoms. The van der Waals surface area contributed by atoms with Crippen LogP contribution in [0.4, 0.5) is 4.39 Å². The van der Waals surface area contributed by atoms with Crippen molar-refractivity contribution < 1.29 is 9.18 Å². The molecular formula is C31H42FNOS. The van der Waals surface area contributed by atoms with Crippen LogP contribution < -0.4 is 5.32 Å². The molecule has 1 unspecified atom stereocenters. The molecule has 1 heterocycles. The summed E-state index contributed by atoms with van der Waals surface area (Å²) in [5.74, 6) is -0.0536. The Kier molecular flexibility index (Phi) is 16.2. The number of halogens is 1. The van der Waals surface area contributed by atoms with Crippen LogP contribution in [-0.2, 0) is 11.2 Å². The largest absolute Gasteiger partial charge is 0.307 e. The molecular weight excluding hydrogens is 453 g/mol. The summed E-state index contributed by atoms with van der Waals surface area (Å²) < 4.78 is 12.8. The number of nitrogens with one attached hydrogen (secondary N) is 1. The number of benzene rings is 2. The summed E-state index contributed by atoms with van der Waals surface area (Å²) >= 11 is 1.71. The van der Waals surface area contributed by atoms with Crippen LogP contribution in [0.3, 0.4) is 0 Å². The van der Waals surface area contributed by atoms with E-state index in [1.807, 2.05) is 52.9 Å². The zero-order chi connectivity index (χ0) is 27.0. The van der Waals surface area contributed by atoms with E-state index < -0.39 is 0 Å². The highest BCUT2D eigenvalue weighted by Gasteiger charge is 2.14. The van der Waals surface area contributed by atoms with E-state index in [0.717, 1.165) is 28.7 Å². The maximum atomic E-state index is 12.8. The van der Waals surface area contributed by atoms with Crippen LogP contribution in [0.2, 0.25) is 0 Å². The summed E-state index contributed by atoms with van der Waals surface area (Å²) in [6, 6.07) is 12.9. The fraction of sp³-hybridized carbons (Fsp3) is 0.323. The van der Waals surface area contributed by atoms with E-state index in [1.165, 1.54) is 22.8 Å². The predicted octanol–water partition coefficient (Wildman–Crippen LogP) is 9.21. The van der Waals surface area contributed by atoms with Crippen molar-refractivity contribution in [2.45, 2.75) is 60.9 Å². The van der Waals surface area contributed by atoms with Crippen molar-refractivity contribution >= 4 is 22.7 Å². The summed E-state index contributed by atoms with van der Waals surface area (Å²) in [6.07, 6.45) is 2.67. The number of allylic oxidation sites excluding steroid dienone is 2. The smallest absolute Gasteiger partial charge is 0.151 e. The number of aryl methyl sites for hydroxylation is 2. The molecule has 0 saturated heterocycles. The van der Waals surface area contributed by atoms with Gasteiger partial charge in [0.2, 0.25) is 0 Å². The van der Waals surface area contributed by atoms with E-state index >= 15 is 0 Å². The molecule has 1 aromatic heterocycles. The normalized spacial score (nSPS) is 10.3. The fourth-order valence-corrected chi connectivity index (χ4v) is 4.23. The lowest BCUT2D eigenvalue weighted by Gasteiger charge is -2.13. The van der Waals surface area contributed by atoms with Gasteiger partial charge in [0.15, 0.2) is 5.78 Å². The van der Waals surface area contributed by atoms with E-state index in [0.29, 0.717) is 0 Å². The number of ketones is 1. The number of rotatable bonds is 6. The summed E-state index contributed by atoms with van der Waals surface area (Å²) in [4.78, 5) is 11.5. The highest BCUT2D eigenvalue weighted by molar-refractivity contribution is 7.08. The minimum Gasteiger partial charge on any atom is -0.307 e. The third-order valence-corrected chi connectivity index (χ3v) is 5.88. The number of carbonyl (C=O) groups is 1. The van der Waals surface area contributed by atoms with Gasteiger partial charge in [-0.25, -0.2) is 4.39 Å². The first-order valence-corrected chi connectivity index (χ1v) is 13.0. The monoisotopic (exact) mass is 495 g/mol. The molecule has 0 aliphatic carbocycles. The molecule has 1 atom stereocenters. The standard InChI is InChI=1S/C15H17NOS.C11H13F.C3H6.C2H6/c1-10-8-18-9-14(10)12-4-6-13(7-5-12)15(16-3)11(2)17;1-4-9-5-6-10(12)7-11(9)8(2)3;1-3-2;1-2/h4-9,15-16H,1-3H3;5-7H,2,4H2,1,3H3;3H,1H2,2H3;1-2H3. The number of hydrogen-bond acceptors (Lipinski definition) is 3.